The maximum absolute atomic E-state index is 12.9. The second kappa shape index (κ2) is 9.55. The molecule has 1 atom stereocenters. The van der Waals surface area contributed by atoms with Crippen LogP contribution >= 0.6 is 0 Å². The maximum Gasteiger partial charge on any atom is 0.252 e. The van der Waals surface area contributed by atoms with Gasteiger partial charge in [0.05, 0.1) is 44.6 Å². The molecule has 1 aliphatic rings. The summed E-state index contributed by atoms with van der Waals surface area (Å²) in [4.78, 5) is 17.9. The number of tetrazole rings is 1. The third-order valence-corrected chi connectivity index (χ3v) is 5.86. The number of aromatic nitrogens is 5. The lowest BCUT2D eigenvalue weighted by Crippen LogP contribution is -2.28. The highest BCUT2D eigenvalue weighted by molar-refractivity contribution is 5.80. The molecule has 1 aromatic carbocycles. The van der Waals surface area contributed by atoms with Crippen molar-refractivity contribution in [1.29, 1.82) is 0 Å². The molecule has 5 rings (SSSR count). The van der Waals surface area contributed by atoms with E-state index in [1.165, 1.54) is 0 Å². The fraction of sp³-hybridized carbons (Fsp3) is 0.391. The number of hydrogen-bond donors (Lipinski definition) is 1. The van der Waals surface area contributed by atoms with Gasteiger partial charge in [0.25, 0.3) is 5.56 Å². The van der Waals surface area contributed by atoms with Crippen LogP contribution in [0.4, 0.5) is 0 Å². The first kappa shape index (κ1) is 21.4. The average molecular weight is 450 g/mol. The van der Waals surface area contributed by atoms with Gasteiger partial charge in [0.15, 0.2) is 5.82 Å². The monoisotopic (exact) mass is 450 g/mol. The Morgan fingerprint density at radius 2 is 2.18 bits per heavy atom. The minimum atomic E-state index is -0.140. The van der Waals surface area contributed by atoms with Crippen LogP contribution in [0, 0.1) is 0 Å². The Bertz CT molecular complexity index is 1260. The van der Waals surface area contributed by atoms with Gasteiger partial charge in [-0.2, -0.15) is 0 Å². The van der Waals surface area contributed by atoms with Crippen molar-refractivity contribution < 1.29 is 13.9 Å². The summed E-state index contributed by atoms with van der Waals surface area (Å²) < 4.78 is 18.4. The molecule has 1 N–H and O–H groups in total. The molecular weight excluding hydrogens is 424 g/mol. The van der Waals surface area contributed by atoms with Crippen LogP contribution < -0.4 is 10.3 Å². The molecule has 0 aliphatic carbocycles. The summed E-state index contributed by atoms with van der Waals surface area (Å²) in [5.74, 6) is 2.22. The van der Waals surface area contributed by atoms with Gasteiger partial charge in [0, 0.05) is 24.8 Å². The molecule has 3 aromatic heterocycles. The van der Waals surface area contributed by atoms with Gasteiger partial charge >= 0.3 is 0 Å². The molecule has 0 bridgehead atoms. The van der Waals surface area contributed by atoms with Crippen molar-refractivity contribution in [2.75, 3.05) is 13.7 Å². The Morgan fingerprint density at radius 1 is 1.24 bits per heavy atom. The second-order valence-electron chi connectivity index (χ2n) is 8.21. The first-order valence-corrected chi connectivity index (χ1v) is 11.0. The summed E-state index contributed by atoms with van der Waals surface area (Å²) in [5.41, 5.74) is 1.25. The minimum absolute atomic E-state index is 0.131. The van der Waals surface area contributed by atoms with E-state index < -0.39 is 0 Å². The number of pyridine rings is 1. The first-order chi connectivity index (χ1) is 16.2. The molecule has 1 saturated heterocycles. The molecule has 172 valence electrons. The number of methoxy groups -OCH3 is 1. The van der Waals surface area contributed by atoms with Crippen molar-refractivity contribution in [2.45, 2.75) is 45.1 Å². The van der Waals surface area contributed by atoms with E-state index in [0.717, 1.165) is 41.9 Å². The number of ether oxygens (including phenoxy) is 2. The van der Waals surface area contributed by atoms with Gasteiger partial charge in [-0.05, 0) is 59.0 Å². The molecule has 0 spiro atoms. The van der Waals surface area contributed by atoms with Crippen LogP contribution in [-0.4, -0.2) is 49.9 Å². The number of fused-ring (bicyclic) bond motifs is 1. The number of nitrogens with one attached hydrogen (secondary N) is 1. The van der Waals surface area contributed by atoms with Crippen LogP contribution in [0.1, 0.15) is 30.0 Å². The summed E-state index contributed by atoms with van der Waals surface area (Å²) >= 11 is 0. The molecule has 1 fully saturated rings. The predicted octanol–water partition coefficient (Wildman–Crippen LogP) is 2.50. The predicted molar refractivity (Wildman–Crippen MR) is 120 cm³/mol. The standard InChI is InChI=1S/C23H26N6O4/c1-31-18-7-6-16-10-17(23(30)24-21(16)11-18)12-28(13-19-4-2-8-32-19)15-22-25-26-27-29(22)14-20-5-3-9-33-20/h2,4,6-8,10-11,20H,3,5,9,12-15H2,1H3,(H,24,30). The molecule has 0 radical (unpaired) electrons. The summed E-state index contributed by atoms with van der Waals surface area (Å²) in [6, 6.07) is 11.3. The molecule has 1 aliphatic heterocycles. The SMILES string of the molecule is COc1ccc2cc(CN(Cc3ccco3)Cc3nnnn3CC3CCCO3)c(=O)[nH]c2c1. The fourth-order valence-corrected chi connectivity index (χ4v) is 4.16. The minimum Gasteiger partial charge on any atom is -0.497 e. The zero-order chi connectivity index (χ0) is 22.6. The zero-order valence-electron chi connectivity index (χ0n) is 18.4. The van der Waals surface area contributed by atoms with Gasteiger partial charge < -0.3 is 18.9 Å². The summed E-state index contributed by atoms with van der Waals surface area (Å²) in [7, 11) is 1.60. The number of hydrogen-bond acceptors (Lipinski definition) is 8. The van der Waals surface area contributed by atoms with Crippen molar-refractivity contribution in [3.63, 3.8) is 0 Å². The quantitative estimate of drug-likeness (QED) is 0.414. The molecule has 1 unspecified atom stereocenters. The Labute approximate surface area is 190 Å². The smallest absolute Gasteiger partial charge is 0.252 e. The highest BCUT2D eigenvalue weighted by Gasteiger charge is 2.21. The lowest BCUT2D eigenvalue weighted by atomic mass is 10.1. The molecular formula is C23H26N6O4. The largest absolute Gasteiger partial charge is 0.497 e. The van der Waals surface area contributed by atoms with Crippen LogP contribution in [0.15, 0.2) is 51.9 Å². The molecule has 4 heterocycles. The Balaban J connectivity index is 1.40. The van der Waals surface area contributed by atoms with Crippen LogP contribution in [-0.2, 0) is 30.9 Å². The average Bonchev–Trinajstić information content (AvgIpc) is 3.59. The van der Waals surface area contributed by atoms with Gasteiger partial charge in [-0.15, -0.1) is 5.10 Å². The second-order valence-corrected chi connectivity index (χ2v) is 8.21. The normalized spacial score (nSPS) is 16.1. The summed E-state index contributed by atoms with van der Waals surface area (Å²) in [5, 5.41) is 13.2. The Kier molecular flexibility index (Phi) is 6.18. The van der Waals surface area contributed by atoms with E-state index in [-0.39, 0.29) is 11.7 Å². The highest BCUT2D eigenvalue weighted by Crippen LogP contribution is 2.20. The van der Waals surface area contributed by atoms with Crippen molar-refractivity contribution in [2.24, 2.45) is 0 Å². The van der Waals surface area contributed by atoms with E-state index in [9.17, 15) is 4.79 Å². The number of benzene rings is 1. The van der Waals surface area contributed by atoms with Crippen LogP contribution in [0.25, 0.3) is 10.9 Å². The summed E-state index contributed by atoms with van der Waals surface area (Å²) in [6.07, 6.45) is 3.84. The first-order valence-electron chi connectivity index (χ1n) is 11.0. The molecule has 10 heteroatoms. The molecule has 33 heavy (non-hydrogen) atoms. The third kappa shape index (κ3) is 4.96. The van der Waals surface area contributed by atoms with E-state index in [2.05, 4.69) is 25.4 Å². The Morgan fingerprint density at radius 3 is 2.97 bits per heavy atom. The van der Waals surface area contributed by atoms with Gasteiger partial charge in [-0.3, -0.25) is 9.69 Å². The maximum atomic E-state index is 12.9. The van der Waals surface area contributed by atoms with Crippen molar-refractivity contribution in [3.8, 4) is 5.75 Å². The van der Waals surface area contributed by atoms with Crippen LogP contribution in [0.3, 0.4) is 0 Å². The van der Waals surface area contributed by atoms with E-state index in [1.807, 2.05) is 36.4 Å². The van der Waals surface area contributed by atoms with Crippen molar-refractivity contribution >= 4 is 10.9 Å². The Hall–Kier alpha value is -3.50. The number of furan rings is 1. The lowest BCUT2D eigenvalue weighted by Gasteiger charge is -2.21. The van der Waals surface area contributed by atoms with Crippen molar-refractivity contribution in [3.05, 3.63) is 70.2 Å². The van der Waals surface area contributed by atoms with Crippen molar-refractivity contribution in [1.82, 2.24) is 30.1 Å². The summed E-state index contributed by atoms with van der Waals surface area (Å²) in [6.45, 7) is 2.78. The number of rotatable bonds is 9. The lowest BCUT2D eigenvalue weighted by molar-refractivity contribution is 0.0913. The van der Waals surface area contributed by atoms with Gasteiger partial charge in [0.1, 0.15) is 11.5 Å². The number of H-pyrrole nitrogens is 1. The van der Waals surface area contributed by atoms with E-state index in [1.54, 1.807) is 18.1 Å². The van der Waals surface area contributed by atoms with Crippen LogP contribution in [0.2, 0.25) is 0 Å². The topological polar surface area (TPSA) is 111 Å². The third-order valence-electron chi connectivity index (χ3n) is 5.86. The highest BCUT2D eigenvalue weighted by atomic mass is 16.5. The number of nitrogens with zero attached hydrogens (tertiary/aromatic N) is 5. The van der Waals surface area contributed by atoms with Gasteiger partial charge in [-0.1, -0.05) is 0 Å². The van der Waals surface area contributed by atoms with Gasteiger partial charge in [-0.25, -0.2) is 4.68 Å². The molecule has 0 saturated carbocycles. The van der Waals surface area contributed by atoms with E-state index in [4.69, 9.17) is 13.9 Å². The zero-order valence-corrected chi connectivity index (χ0v) is 18.4. The van der Waals surface area contributed by atoms with E-state index >= 15 is 0 Å². The molecule has 0 amide bonds. The van der Waals surface area contributed by atoms with Crippen LogP contribution in [0.5, 0.6) is 5.75 Å². The number of aromatic amines is 1. The van der Waals surface area contributed by atoms with E-state index in [0.29, 0.717) is 37.5 Å². The van der Waals surface area contributed by atoms with Gasteiger partial charge in [0.2, 0.25) is 0 Å². The molecule has 4 aromatic rings. The fourth-order valence-electron chi connectivity index (χ4n) is 4.16. The molecule has 10 nitrogen and oxygen atoms in total.